The molecule has 37 heavy (non-hydrogen) atoms. The van der Waals surface area contributed by atoms with Gasteiger partial charge in [-0.2, -0.15) is 0 Å². The van der Waals surface area contributed by atoms with Crippen molar-refractivity contribution >= 4 is 27.9 Å². The molecule has 2 fully saturated rings. The first-order valence-electron chi connectivity index (χ1n) is 13.7. The second-order valence-electron chi connectivity index (χ2n) is 10.4. The topological polar surface area (TPSA) is 34.1 Å². The van der Waals surface area contributed by atoms with E-state index in [1.165, 1.54) is 55.1 Å². The van der Waals surface area contributed by atoms with Crippen molar-refractivity contribution in [3.05, 3.63) is 84.0 Å². The maximum Gasteiger partial charge on any atom is 0.126 e. The third-order valence-electron chi connectivity index (χ3n) is 7.49. The molecule has 1 saturated carbocycles. The molecule has 2 aromatic rings. The van der Waals surface area contributed by atoms with Crippen LogP contribution in [0, 0.1) is 5.92 Å². The van der Waals surface area contributed by atoms with Crippen LogP contribution in [0.3, 0.4) is 0 Å². The van der Waals surface area contributed by atoms with E-state index in [9.17, 15) is 0 Å². The van der Waals surface area contributed by atoms with Gasteiger partial charge in [0.25, 0.3) is 0 Å². The molecule has 6 heteroatoms. The molecule has 4 nitrogen and oxygen atoms in total. The number of hydrogen-bond donors (Lipinski definition) is 0. The summed E-state index contributed by atoms with van der Waals surface area (Å²) in [4.78, 5) is 7.48. The number of hydrogen-bond acceptors (Lipinski definition) is 6. The van der Waals surface area contributed by atoms with Crippen LogP contribution in [0.25, 0.3) is 0 Å². The highest BCUT2D eigenvalue weighted by atomic mass is 32.2. The fourth-order valence-electron chi connectivity index (χ4n) is 5.15. The number of piperidine rings is 1. The van der Waals surface area contributed by atoms with E-state index in [1.54, 1.807) is 0 Å². The van der Waals surface area contributed by atoms with E-state index >= 15 is 0 Å². The van der Waals surface area contributed by atoms with Gasteiger partial charge < -0.3 is 9.47 Å². The predicted molar refractivity (Wildman–Crippen MR) is 157 cm³/mol. The minimum atomic E-state index is 0.313. The Morgan fingerprint density at radius 1 is 0.892 bits per heavy atom. The van der Waals surface area contributed by atoms with Crippen LogP contribution in [0.1, 0.15) is 48.5 Å². The molecular weight excluding hydrogens is 496 g/mol. The molecule has 0 spiro atoms. The van der Waals surface area contributed by atoms with E-state index < -0.39 is 0 Å². The molecule has 2 aliphatic heterocycles. The van der Waals surface area contributed by atoms with Gasteiger partial charge in [-0.25, -0.2) is 0 Å². The molecule has 2 aliphatic carbocycles. The van der Waals surface area contributed by atoms with E-state index in [-0.39, 0.29) is 0 Å². The predicted octanol–water partition coefficient (Wildman–Crippen LogP) is 7.28. The summed E-state index contributed by atoms with van der Waals surface area (Å²) in [6, 6.07) is 17.4. The Bertz CT molecular complexity index is 1120. The summed E-state index contributed by atoms with van der Waals surface area (Å²) in [6.45, 7) is 4.76. The third-order valence-corrected chi connectivity index (χ3v) is 10.3. The van der Waals surface area contributed by atoms with Crippen LogP contribution in [0.5, 0.6) is 11.5 Å². The molecule has 3 atom stereocenters. The minimum absolute atomic E-state index is 0.313. The zero-order chi connectivity index (χ0) is 24.9. The second kappa shape index (κ2) is 12.1. The van der Waals surface area contributed by atoms with E-state index in [1.807, 2.05) is 23.5 Å². The minimum Gasteiger partial charge on any atom is -0.492 e. The van der Waals surface area contributed by atoms with Crippen molar-refractivity contribution in [3.63, 3.8) is 0 Å². The number of allylic oxidation sites excluding steroid dienone is 2. The van der Waals surface area contributed by atoms with Crippen molar-refractivity contribution < 1.29 is 9.47 Å². The monoisotopic (exact) mass is 532 g/mol. The molecule has 6 rings (SSSR count). The van der Waals surface area contributed by atoms with Gasteiger partial charge in [0.05, 0.1) is 11.3 Å². The Labute approximate surface area is 229 Å². The highest BCUT2D eigenvalue weighted by Gasteiger charge is 2.36. The average molecular weight is 533 g/mol. The number of rotatable bonds is 10. The van der Waals surface area contributed by atoms with Crippen molar-refractivity contribution in [2.45, 2.75) is 55.3 Å². The van der Waals surface area contributed by atoms with E-state index in [0.717, 1.165) is 36.1 Å². The SMILES string of the molecule is C1=CC2N=C(SC(c3ccc(OCc4ccc(OCCN5CCCCC5)cc4)cc3)C3CC3)SC2C=C1. The summed E-state index contributed by atoms with van der Waals surface area (Å²) >= 11 is 3.89. The first-order valence-corrected chi connectivity index (χ1v) is 15.5. The zero-order valence-electron chi connectivity index (χ0n) is 21.3. The molecule has 0 bridgehead atoms. The lowest BCUT2D eigenvalue weighted by Crippen LogP contribution is -2.33. The summed E-state index contributed by atoms with van der Waals surface area (Å²) in [7, 11) is 0. The third kappa shape index (κ3) is 6.84. The van der Waals surface area contributed by atoms with E-state index in [0.29, 0.717) is 23.1 Å². The number of nitrogens with zero attached hydrogens (tertiary/aromatic N) is 2. The van der Waals surface area contributed by atoms with Crippen LogP contribution >= 0.6 is 23.5 Å². The highest BCUT2D eigenvalue weighted by molar-refractivity contribution is 8.39. The van der Waals surface area contributed by atoms with Gasteiger partial charge in [-0.1, -0.05) is 78.5 Å². The van der Waals surface area contributed by atoms with Gasteiger partial charge in [0, 0.05) is 11.8 Å². The maximum atomic E-state index is 6.10. The highest BCUT2D eigenvalue weighted by Crippen LogP contribution is 2.52. The Kier molecular flexibility index (Phi) is 8.25. The summed E-state index contributed by atoms with van der Waals surface area (Å²) < 4.78 is 13.3. The van der Waals surface area contributed by atoms with Gasteiger partial charge in [-0.05, 0) is 80.1 Å². The fourth-order valence-corrected chi connectivity index (χ4v) is 8.05. The van der Waals surface area contributed by atoms with E-state index in [2.05, 4.69) is 77.7 Å². The molecule has 3 unspecified atom stereocenters. The quantitative estimate of drug-likeness (QED) is 0.321. The van der Waals surface area contributed by atoms with Gasteiger partial charge in [0.15, 0.2) is 0 Å². The number of likely N-dealkylation sites (tertiary alicyclic amines) is 1. The molecular formula is C31H36N2O2S2. The first kappa shape index (κ1) is 25.1. The van der Waals surface area contributed by atoms with Gasteiger partial charge in [-0.15, -0.1) is 0 Å². The Morgan fingerprint density at radius 3 is 2.38 bits per heavy atom. The first-order chi connectivity index (χ1) is 18.3. The van der Waals surface area contributed by atoms with Crippen molar-refractivity contribution in [2.24, 2.45) is 10.9 Å². The zero-order valence-corrected chi connectivity index (χ0v) is 23.0. The standard InChI is InChI=1S/C31H36N2O2S2/c1-4-18-33(19-5-1)20-21-34-26-14-8-23(9-15-26)22-35-27-16-12-25(13-17-27)30(24-10-11-24)37-31-32-28-6-2-3-7-29(28)36-31/h2-3,6-9,12-17,24,28-30H,1,4-5,10-11,18-22H2. The Morgan fingerprint density at radius 2 is 1.62 bits per heavy atom. The van der Waals surface area contributed by atoms with Crippen molar-refractivity contribution in [3.8, 4) is 11.5 Å². The van der Waals surface area contributed by atoms with Crippen LogP contribution in [-0.4, -0.2) is 46.8 Å². The van der Waals surface area contributed by atoms with Gasteiger partial charge in [-0.3, -0.25) is 9.89 Å². The molecule has 0 amide bonds. The van der Waals surface area contributed by atoms with Crippen molar-refractivity contribution in [1.82, 2.24) is 4.90 Å². The molecule has 4 aliphatic rings. The number of ether oxygens (including phenoxy) is 2. The largest absolute Gasteiger partial charge is 0.492 e. The number of thioether (sulfide) groups is 2. The van der Waals surface area contributed by atoms with Gasteiger partial charge in [0.1, 0.15) is 29.1 Å². The summed E-state index contributed by atoms with van der Waals surface area (Å²) in [5.41, 5.74) is 2.54. The summed E-state index contributed by atoms with van der Waals surface area (Å²) in [5, 5.41) is 0.958. The number of fused-ring (bicyclic) bond motifs is 1. The summed E-state index contributed by atoms with van der Waals surface area (Å²) in [5.74, 6) is 2.61. The molecule has 1 saturated heterocycles. The lowest BCUT2D eigenvalue weighted by Gasteiger charge is -2.26. The van der Waals surface area contributed by atoms with Crippen LogP contribution in [0.4, 0.5) is 0 Å². The Hall–Kier alpha value is -2.15. The maximum absolute atomic E-state index is 6.10. The smallest absolute Gasteiger partial charge is 0.126 e. The number of aliphatic imine (C=N–C) groups is 1. The molecule has 0 radical (unpaired) electrons. The van der Waals surface area contributed by atoms with Crippen LogP contribution in [0.2, 0.25) is 0 Å². The van der Waals surface area contributed by atoms with Crippen LogP contribution in [0.15, 0.2) is 77.8 Å². The molecule has 0 N–H and O–H groups in total. The number of benzene rings is 2. The molecule has 2 aromatic carbocycles. The van der Waals surface area contributed by atoms with Crippen molar-refractivity contribution in [1.29, 1.82) is 0 Å². The van der Waals surface area contributed by atoms with Crippen molar-refractivity contribution in [2.75, 3.05) is 26.2 Å². The van der Waals surface area contributed by atoms with E-state index in [4.69, 9.17) is 14.5 Å². The Balaban J connectivity index is 0.979. The molecule has 0 aromatic heterocycles. The molecule has 2 heterocycles. The normalized spacial score (nSPS) is 23.9. The molecule has 194 valence electrons. The lowest BCUT2D eigenvalue weighted by atomic mass is 10.1. The van der Waals surface area contributed by atoms with Crippen LogP contribution in [-0.2, 0) is 6.61 Å². The lowest BCUT2D eigenvalue weighted by molar-refractivity contribution is 0.183. The van der Waals surface area contributed by atoms with Gasteiger partial charge >= 0.3 is 0 Å². The summed E-state index contributed by atoms with van der Waals surface area (Å²) in [6.07, 6.45) is 15.4. The second-order valence-corrected chi connectivity index (χ2v) is 12.9. The fraction of sp³-hybridized carbons (Fsp3) is 0.452. The van der Waals surface area contributed by atoms with Crippen LogP contribution < -0.4 is 9.47 Å². The van der Waals surface area contributed by atoms with Gasteiger partial charge in [0.2, 0.25) is 0 Å². The average Bonchev–Trinajstić information content (AvgIpc) is 3.71.